The number of halogens is 1. The van der Waals surface area contributed by atoms with Gasteiger partial charge in [-0.15, -0.1) is 0 Å². The molecule has 1 heterocycles. The Labute approximate surface area is 193 Å². The van der Waals surface area contributed by atoms with Crippen molar-refractivity contribution >= 4 is 39.8 Å². The summed E-state index contributed by atoms with van der Waals surface area (Å²) in [5, 5.41) is 14.1. The van der Waals surface area contributed by atoms with Gasteiger partial charge in [0.05, 0.1) is 0 Å². The van der Waals surface area contributed by atoms with Gasteiger partial charge >= 0.3 is 5.97 Å². The molecule has 0 aliphatic carbocycles. The van der Waals surface area contributed by atoms with Crippen molar-refractivity contribution in [2.24, 2.45) is 5.16 Å². The first-order valence-electron chi connectivity index (χ1n) is 9.60. The zero-order chi connectivity index (χ0) is 22.6. The van der Waals surface area contributed by atoms with Crippen LogP contribution < -0.4 is 5.73 Å². The molecule has 0 bridgehead atoms. The maximum atomic E-state index is 12.0. The van der Waals surface area contributed by atoms with Crippen LogP contribution in [0.25, 0.3) is 0 Å². The highest BCUT2D eigenvalue weighted by molar-refractivity contribution is 7.19. The molecule has 3 N–H and O–H groups in total. The van der Waals surface area contributed by atoms with Gasteiger partial charge in [-0.05, 0) is 0 Å². The van der Waals surface area contributed by atoms with Gasteiger partial charge in [0.25, 0.3) is 0 Å². The molecule has 4 rings (SSSR count). The molecular weight excluding hydrogens is 446 g/mol. The largest absolute Gasteiger partial charge is 0.476 e. The predicted molar refractivity (Wildman–Crippen MR) is 126 cm³/mol. The number of nitrogens with zero attached hydrogens (tertiary/aromatic N) is 2. The second-order valence-corrected chi connectivity index (χ2v) is 8.42. The number of hydrogen-bond acceptors (Lipinski definition) is 6. The van der Waals surface area contributed by atoms with Crippen LogP contribution in [-0.2, 0) is 15.2 Å². The zero-order valence-corrected chi connectivity index (χ0v) is 18.3. The van der Waals surface area contributed by atoms with E-state index in [0.29, 0.717) is 0 Å². The summed E-state index contributed by atoms with van der Waals surface area (Å²) in [5.74, 6) is -1.33. The number of oxime groups is 1. The number of thiazole rings is 1. The van der Waals surface area contributed by atoms with E-state index < -0.39 is 17.3 Å². The summed E-state index contributed by atoms with van der Waals surface area (Å²) in [6.45, 7) is 0. The standard InChI is InChI=1S/C24H18ClN3O3S/c25-21-19(27-23(26)32-21)20(22(29)30)28-31-24(16-10-4-1-5-11-16,17-12-6-2-7-13-17)18-14-8-3-9-15-18/h1-15H,(H2,26,27)(H,29,30)/b28-20-. The minimum absolute atomic E-state index is 0.0373. The normalized spacial score (nSPS) is 11.8. The van der Waals surface area contributed by atoms with E-state index >= 15 is 0 Å². The second-order valence-electron chi connectivity index (χ2n) is 6.79. The molecule has 160 valence electrons. The third kappa shape index (κ3) is 4.08. The lowest BCUT2D eigenvalue weighted by molar-refractivity contribution is -0.129. The van der Waals surface area contributed by atoms with E-state index in [0.717, 1.165) is 28.0 Å². The SMILES string of the molecule is Nc1nc(/C(=N/OC(c2ccccc2)(c2ccccc2)c2ccccc2)C(=O)O)c(Cl)s1. The highest BCUT2D eigenvalue weighted by Gasteiger charge is 2.40. The average molecular weight is 464 g/mol. The molecule has 0 atom stereocenters. The van der Waals surface area contributed by atoms with Crippen LogP contribution in [0.2, 0.25) is 4.34 Å². The minimum atomic E-state index is -1.33. The number of anilines is 1. The molecule has 32 heavy (non-hydrogen) atoms. The van der Waals surface area contributed by atoms with Crippen molar-refractivity contribution in [3.8, 4) is 0 Å². The Morgan fingerprint density at radius 1 is 0.906 bits per heavy atom. The maximum Gasteiger partial charge on any atom is 0.360 e. The van der Waals surface area contributed by atoms with Crippen molar-refractivity contribution in [2.75, 3.05) is 5.73 Å². The van der Waals surface area contributed by atoms with Crippen molar-refractivity contribution in [3.05, 3.63) is 118 Å². The fourth-order valence-corrected chi connectivity index (χ4v) is 4.37. The van der Waals surface area contributed by atoms with Crippen molar-refractivity contribution in [1.29, 1.82) is 0 Å². The van der Waals surface area contributed by atoms with E-state index in [1.165, 1.54) is 0 Å². The van der Waals surface area contributed by atoms with Crippen LogP contribution in [0.15, 0.2) is 96.2 Å². The topological polar surface area (TPSA) is 97.8 Å². The monoisotopic (exact) mass is 463 g/mol. The lowest BCUT2D eigenvalue weighted by atomic mass is 9.80. The molecule has 0 aliphatic heterocycles. The summed E-state index contributed by atoms with van der Waals surface area (Å²) in [7, 11) is 0. The van der Waals surface area contributed by atoms with E-state index in [1.807, 2.05) is 91.0 Å². The number of hydrogen-bond donors (Lipinski definition) is 2. The van der Waals surface area contributed by atoms with E-state index in [2.05, 4.69) is 10.1 Å². The first-order chi connectivity index (χ1) is 15.5. The second kappa shape index (κ2) is 9.21. The summed E-state index contributed by atoms with van der Waals surface area (Å²) >= 11 is 7.13. The Morgan fingerprint density at radius 3 is 1.69 bits per heavy atom. The number of nitrogens with two attached hydrogens (primary N) is 1. The van der Waals surface area contributed by atoms with Gasteiger partial charge in [-0.2, -0.15) is 0 Å². The number of carboxylic acids is 1. The van der Waals surface area contributed by atoms with Crippen LogP contribution in [0.3, 0.4) is 0 Å². The fourth-order valence-electron chi connectivity index (χ4n) is 3.44. The average Bonchev–Trinajstić information content (AvgIpc) is 3.16. The first-order valence-corrected chi connectivity index (χ1v) is 10.8. The highest BCUT2D eigenvalue weighted by atomic mass is 35.5. The van der Waals surface area contributed by atoms with E-state index in [9.17, 15) is 9.90 Å². The fraction of sp³-hybridized carbons (Fsp3) is 0.0417. The maximum absolute atomic E-state index is 12.0. The molecule has 8 heteroatoms. The number of rotatable bonds is 7. The number of aliphatic carboxylic acids is 1. The van der Waals surface area contributed by atoms with Crippen molar-refractivity contribution in [2.45, 2.75) is 5.60 Å². The summed E-state index contributed by atoms with van der Waals surface area (Å²) in [6.07, 6.45) is 0. The van der Waals surface area contributed by atoms with Crippen LogP contribution in [0.5, 0.6) is 0 Å². The third-order valence-electron chi connectivity index (χ3n) is 4.84. The molecule has 0 saturated carbocycles. The molecule has 0 fully saturated rings. The summed E-state index contributed by atoms with van der Waals surface area (Å²) < 4.78 is 0.122. The number of benzene rings is 3. The Hall–Kier alpha value is -3.68. The van der Waals surface area contributed by atoms with Gasteiger partial charge in [-0.1, -0.05) is 119 Å². The number of carboxylic acid groups (broad SMARTS) is 1. The van der Waals surface area contributed by atoms with Gasteiger partial charge < -0.3 is 15.7 Å². The lowest BCUT2D eigenvalue weighted by Gasteiger charge is -2.33. The van der Waals surface area contributed by atoms with Gasteiger partial charge in [0.15, 0.2) is 5.13 Å². The van der Waals surface area contributed by atoms with Gasteiger partial charge in [-0.25, -0.2) is 9.78 Å². The van der Waals surface area contributed by atoms with Gasteiger partial charge in [0, 0.05) is 16.7 Å². The molecule has 0 saturated heterocycles. The Morgan fingerprint density at radius 2 is 1.34 bits per heavy atom. The predicted octanol–water partition coefficient (Wildman–Crippen LogP) is 5.18. The van der Waals surface area contributed by atoms with Crippen LogP contribution in [0.4, 0.5) is 5.13 Å². The molecule has 0 aliphatic rings. The van der Waals surface area contributed by atoms with Crippen molar-refractivity contribution < 1.29 is 14.7 Å². The molecule has 3 aromatic carbocycles. The van der Waals surface area contributed by atoms with Gasteiger partial charge in [-0.3, -0.25) is 0 Å². The van der Waals surface area contributed by atoms with Crippen molar-refractivity contribution in [1.82, 2.24) is 4.98 Å². The first kappa shape index (κ1) is 21.5. The van der Waals surface area contributed by atoms with E-state index in [-0.39, 0.29) is 15.2 Å². The number of nitrogen functional groups attached to an aromatic ring is 1. The molecule has 6 nitrogen and oxygen atoms in total. The minimum Gasteiger partial charge on any atom is -0.476 e. The molecule has 0 unspecified atom stereocenters. The molecular formula is C24H18ClN3O3S. The molecule has 0 spiro atoms. The van der Waals surface area contributed by atoms with Gasteiger partial charge in [0.1, 0.15) is 10.0 Å². The summed E-state index contributed by atoms with van der Waals surface area (Å²) in [6, 6.07) is 28.5. The van der Waals surface area contributed by atoms with Crippen LogP contribution in [0, 0.1) is 0 Å². The van der Waals surface area contributed by atoms with Crippen LogP contribution in [0.1, 0.15) is 22.4 Å². The Kier molecular flexibility index (Phi) is 6.20. The van der Waals surface area contributed by atoms with Crippen LogP contribution in [-0.4, -0.2) is 21.8 Å². The third-order valence-corrected chi connectivity index (χ3v) is 5.93. The summed E-state index contributed by atoms with van der Waals surface area (Å²) in [4.78, 5) is 22.3. The Bertz CT molecular complexity index is 1150. The van der Waals surface area contributed by atoms with E-state index in [1.54, 1.807) is 0 Å². The summed E-state index contributed by atoms with van der Waals surface area (Å²) in [5.41, 5.74) is 6.33. The quantitative estimate of drug-likeness (QED) is 0.223. The van der Waals surface area contributed by atoms with Gasteiger partial charge in [0.2, 0.25) is 11.3 Å². The molecule has 4 aromatic rings. The van der Waals surface area contributed by atoms with Crippen LogP contribution >= 0.6 is 22.9 Å². The van der Waals surface area contributed by atoms with E-state index in [4.69, 9.17) is 22.2 Å². The molecule has 0 radical (unpaired) electrons. The number of carbonyl (C=O) groups is 1. The Balaban J connectivity index is 1.96. The smallest absolute Gasteiger partial charge is 0.360 e. The zero-order valence-electron chi connectivity index (χ0n) is 16.7. The highest BCUT2D eigenvalue weighted by Crippen LogP contribution is 2.41. The molecule has 1 aromatic heterocycles. The van der Waals surface area contributed by atoms with Crippen molar-refractivity contribution in [3.63, 3.8) is 0 Å². The number of aromatic nitrogens is 1. The molecule has 0 amide bonds. The lowest BCUT2D eigenvalue weighted by Crippen LogP contribution is -2.32.